The second kappa shape index (κ2) is 7.77. The Kier molecular flexibility index (Phi) is 7.52. The van der Waals surface area contributed by atoms with Gasteiger partial charge in [-0.1, -0.05) is 29.8 Å². The fraction of sp³-hybridized carbons (Fsp3) is 0.462. The molecule has 0 radical (unpaired) electrons. The van der Waals surface area contributed by atoms with Crippen molar-refractivity contribution in [2.45, 2.75) is 32.2 Å². The van der Waals surface area contributed by atoms with Crippen molar-refractivity contribution in [3.05, 3.63) is 34.3 Å². The molecular formula is C13H20BrClN2O. The van der Waals surface area contributed by atoms with Crippen LogP contribution in [-0.2, 0) is 0 Å². The molecule has 5 heteroatoms. The number of amides is 1. The summed E-state index contributed by atoms with van der Waals surface area (Å²) >= 11 is 3.34. The molecule has 0 heterocycles. The summed E-state index contributed by atoms with van der Waals surface area (Å²) in [5, 5.41) is 2.88. The first-order valence-corrected chi connectivity index (χ1v) is 6.62. The molecule has 3 N–H and O–H groups in total. The molecule has 0 unspecified atom stereocenters. The van der Waals surface area contributed by atoms with Crippen molar-refractivity contribution in [3.63, 3.8) is 0 Å². The molecule has 0 bridgehead atoms. The predicted molar refractivity (Wildman–Crippen MR) is 81.2 cm³/mol. The molecular weight excluding hydrogens is 316 g/mol. The summed E-state index contributed by atoms with van der Waals surface area (Å²) in [4.78, 5) is 11.9. The number of benzene rings is 1. The predicted octanol–water partition coefficient (Wildman–Crippen LogP) is 3.12. The number of hydrogen-bond donors (Lipinski definition) is 2. The molecule has 0 atom stereocenters. The fourth-order valence-corrected chi connectivity index (χ4v) is 1.72. The number of halogens is 2. The smallest absolute Gasteiger partial charge is 0.251 e. The highest BCUT2D eigenvalue weighted by Crippen LogP contribution is 2.12. The number of nitrogens with one attached hydrogen (secondary N) is 1. The Morgan fingerprint density at radius 3 is 2.22 bits per heavy atom. The van der Waals surface area contributed by atoms with Crippen molar-refractivity contribution in [1.82, 2.24) is 5.32 Å². The van der Waals surface area contributed by atoms with Gasteiger partial charge in [0.05, 0.1) is 0 Å². The van der Waals surface area contributed by atoms with Crippen molar-refractivity contribution in [2.24, 2.45) is 5.73 Å². The third kappa shape index (κ3) is 4.96. The van der Waals surface area contributed by atoms with E-state index in [0.717, 1.165) is 17.3 Å². The molecule has 3 nitrogen and oxygen atoms in total. The highest BCUT2D eigenvalue weighted by atomic mass is 79.9. The Morgan fingerprint density at radius 2 is 1.78 bits per heavy atom. The van der Waals surface area contributed by atoms with Crippen LogP contribution < -0.4 is 11.1 Å². The maximum atomic E-state index is 11.9. The summed E-state index contributed by atoms with van der Waals surface area (Å²) in [5.41, 5.74) is 6.48. The van der Waals surface area contributed by atoms with Gasteiger partial charge in [-0.2, -0.15) is 0 Å². The van der Waals surface area contributed by atoms with Crippen LogP contribution in [0.3, 0.4) is 0 Å². The highest BCUT2D eigenvalue weighted by molar-refractivity contribution is 9.10. The lowest BCUT2D eigenvalue weighted by atomic mass is 9.94. The number of hydrogen-bond acceptors (Lipinski definition) is 2. The summed E-state index contributed by atoms with van der Waals surface area (Å²) < 4.78 is 0.962. The summed E-state index contributed by atoms with van der Waals surface area (Å²) in [7, 11) is 0. The third-order valence-electron chi connectivity index (χ3n) is 3.12. The zero-order chi connectivity index (χ0) is 12.9. The molecule has 1 aromatic carbocycles. The van der Waals surface area contributed by atoms with Crippen LogP contribution in [-0.4, -0.2) is 18.0 Å². The lowest BCUT2D eigenvalue weighted by molar-refractivity contribution is 0.0942. The van der Waals surface area contributed by atoms with Crippen LogP contribution >= 0.6 is 28.3 Å². The molecule has 0 aliphatic rings. The van der Waals surface area contributed by atoms with Gasteiger partial charge in [0, 0.05) is 22.1 Å². The Balaban J connectivity index is 0.00000289. The standard InChI is InChI=1S/C13H19BrN2O.ClH/c1-3-13(15,4-2)9-16-12(17)10-5-7-11(14)8-6-10;/h5-8H,3-4,9,15H2,1-2H3,(H,16,17);1H. The largest absolute Gasteiger partial charge is 0.350 e. The van der Waals surface area contributed by atoms with E-state index in [0.29, 0.717) is 12.1 Å². The van der Waals surface area contributed by atoms with Gasteiger partial charge in [0.1, 0.15) is 0 Å². The van der Waals surface area contributed by atoms with Gasteiger partial charge in [0.15, 0.2) is 0 Å². The summed E-state index contributed by atoms with van der Waals surface area (Å²) in [6.45, 7) is 4.58. The zero-order valence-corrected chi connectivity index (χ0v) is 13.1. The zero-order valence-electron chi connectivity index (χ0n) is 10.7. The fourth-order valence-electron chi connectivity index (χ4n) is 1.46. The van der Waals surface area contributed by atoms with Crippen molar-refractivity contribution < 1.29 is 4.79 Å². The van der Waals surface area contributed by atoms with Gasteiger partial charge in [0.2, 0.25) is 0 Å². The van der Waals surface area contributed by atoms with Crippen molar-refractivity contribution >= 4 is 34.2 Å². The van der Waals surface area contributed by atoms with Gasteiger partial charge in [0.25, 0.3) is 5.91 Å². The molecule has 0 fully saturated rings. The SMILES string of the molecule is CCC(N)(CC)CNC(=O)c1ccc(Br)cc1.Cl. The van der Waals surface area contributed by atoms with Crippen LogP contribution in [0.4, 0.5) is 0 Å². The quantitative estimate of drug-likeness (QED) is 0.868. The third-order valence-corrected chi connectivity index (χ3v) is 3.64. The van der Waals surface area contributed by atoms with E-state index in [-0.39, 0.29) is 23.9 Å². The van der Waals surface area contributed by atoms with Crippen molar-refractivity contribution in [3.8, 4) is 0 Å². The first-order valence-electron chi connectivity index (χ1n) is 5.83. The lowest BCUT2D eigenvalue weighted by Crippen LogP contribution is -2.49. The molecule has 0 aliphatic heterocycles. The number of carbonyl (C=O) groups is 1. The maximum absolute atomic E-state index is 11.9. The van der Waals surface area contributed by atoms with E-state index in [9.17, 15) is 4.79 Å². The molecule has 1 amide bonds. The number of rotatable bonds is 5. The normalized spacial score (nSPS) is 10.7. The minimum atomic E-state index is -0.301. The number of carbonyl (C=O) groups excluding carboxylic acids is 1. The summed E-state index contributed by atoms with van der Waals surface area (Å²) in [6.07, 6.45) is 1.70. The molecule has 0 saturated heterocycles. The summed E-state index contributed by atoms with van der Waals surface area (Å²) in [5.74, 6) is -0.0748. The molecule has 1 aromatic rings. The van der Waals surface area contributed by atoms with Gasteiger partial charge < -0.3 is 11.1 Å². The van der Waals surface area contributed by atoms with Gasteiger partial charge in [-0.05, 0) is 37.1 Å². The van der Waals surface area contributed by atoms with Crippen LogP contribution in [0.5, 0.6) is 0 Å². The van der Waals surface area contributed by atoms with Gasteiger partial charge in [-0.3, -0.25) is 4.79 Å². The van der Waals surface area contributed by atoms with E-state index < -0.39 is 0 Å². The Bertz CT molecular complexity index is 377. The lowest BCUT2D eigenvalue weighted by Gasteiger charge is -2.26. The van der Waals surface area contributed by atoms with Crippen LogP contribution in [0, 0.1) is 0 Å². The first kappa shape index (κ1) is 17.4. The van der Waals surface area contributed by atoms with E-state index in [1.165, 1.54) is 0 Å². The van der Waals surface area contributed by atoms with E-state index in [1.54, 1.807) is 12.1 Å². The Morgan fingerprint density at radius 1 is 1.28 bits per heavy atom. The second-order valence-electron chi connectivity index (χ2n) is 4.26. The first-order chi connectivity index (χ1) is 8.00. The van der Waals surface area contributed by atoms with Crippen LogP contribution in [0.15, 0.2) is 28.7 Å². The van der Waals surface area contributed by atoms with Crippen LogP contribution in [0.1, 0.15) is 37.0 Å². The maximum Gasteiger partial charge on any atom is 0.251 e. The molecule has 0 saturated carbocycles. The number of nitrogens with two attached hydrogens (primary N) is 1. The van der Waals surface area contributed by atoms with E-state index in [1.807, 2.05) is 26.0 Å². The van der Waals surface area contributed by atoms with Crippen LogP contribution in [0.25, 0.3) is 0 Å². The minimum absolute atomic E-state index is 0. The van der Waals surface area contributed by atoms with E-state index in [2.05, 4.69) is 21.2 Å². The topological polar surface area (TPSA) is 55.1 Å². The van der Waals surface area contributed by atoms with Crippen molar-refractivity contribution in [2.75, 3.05) is 6.54 Å². The Labute approximate surface area is 123 Å². The van der Waals surface area contributed by atoms with Crippen molar-refractivity contribution in [1.29, 1.82) is 0 Å². The minimum Gasteiger partial charge on any atom is -0.350 e. The molecule has 0 aliphatic carbocycles. The Hall–Kier alpha value is -0.580. The molecule has 0 spiro atoms. The highest BCUT2D eigenvalue weighted by Gasteiger charge is 2.21. The monoisotopic (exact) mass is 334 g/mol. The molecule has 18 heavy (non-hydrogen) atoms. The van der Waals surface area contributed by atoms with E-state index >= 15 is 0 Å². The summed E-state index contributed by atoms with van der Waals surface area (Å²) in [6, 6.07) is 7.28. The molecule has 102 valence electrons. The van der Waals surface area contributed by atoms with Gasteiger partial charge in [-0.25, -0.2) is 0 Å². The van der Waals surface area contributed by atoms with E-state index in [4.69, 9.17) is 5.73 Å². The average Bonchev–Trinajstić information content (AvgIpc) is 2.36. The van der Waals surface area contributed by atoms with Gasteiger partial charge in [-0.15, -0.1) is 12.4 Å². The molecule has 1 rings (SSSR count). The van der Waals surface area contributed by atoms with Gasteiger partial charge >= 0.3 is 0 Å². The molecule has 0 aromatic heterocycles. The van der Waals surface area contributed by atoms with Crippen LogP contribution in [0.2, 0.25) is 0 Å². The average molecular weight is 336 g/mol. The second-order valence-corrected chi connectivity index (χ2v) is 5.17.